The fourth-order valence-electron chi connectivity index (χ4n) is 3.72. The van der Waals surface area contributed by atoms with E-state index < -0.39 is 0 Å². The van der Waals surface area contributed by atoms with Gasteiger partial charge in [0.05, 0.1) is 12.2 Å². The number of rotatable bonds is 6. The van der Waals surface area contributed by atoms with Gasteiger partial charge in [-0.3, -0.25) is 4.68 Å². The molecule has 0 atom stereocenters. The quantitative estimate of drug-likeness (QED) is 0.619. The predicted molar refractivity (Wildman–Crippen MR) is 101 cm³/mol. The molecule has 2 rings (SSSR count). The molecule has 2 N–H and O–H groups in total. The molecule has 1 aromatic heterocycles. The summed E-state index contributed by atoms with van der Waals surface area (Å²) in [5.74, 6) is 1.88. The molecule has 1 fully saturated rings. The van der Waals surface area contributed by atoms with Crippen LogP contribution in [0.4, 0.5) is 0 Å². The molecular weight excluding hydrogens is 298 g/mol. The Morgan fingerprint density at radius 1 is 1.21 bits per heavy atom. The number of hydrogen-bond donors (Lipinski definition) is 2. The molecular formula is C19H35N5. The Labute approximate surface area is 147 Å². The van der Waals surface area contributed by atoms with Gasteiger partial charge in [-0.1, -0.05) is 19.8 Å². The van der Waals surface area contributed by atoms with Crippen molar-refractivity contribution in [1.29, 1.82) is 0 Å². The van der Waals surface area contributed by atoms with Crippen LogP contribution < -0.4 is 10.6 Å². The Balaban J connectivity index is 1.94. The number of nitrogens with zero attached hydrogens (tertiary/aromatic N) is 3. The van der Waals surface area contributed by atoms with Crippen LogP contribution in [0.15, 0.2) is 4.99 Å². The van der Waals surface area contributed by atoms with Gasteiger partial charge in [0.1, 0.15) is 0 Å². The maximum absolute atomic E-state index is 4.81. The molecule has 5 nitrogen and oxygen atoms in total. The predicted octanol–water partition coefficient (Wildman–Crippen LogP) is 3.45. The summed E-state index contributed by atoms with van der Waals surface area (Å²) in [6.07, 6.45) is 7.94. The minimum absolute atomic E-state index is 0.562. The smallest absolute Gasteiger partial charge is 0.191 e. The van der Waals surface area contributed by atoms with E-state index in [-0.39, 0.29) is 0 Å². The summed E-state index contributed by atoms with van der Waals surface area (Å²) in [5, 5.41) is 11.5. The number of nitrogens with one attached hydrogen (secondary N) is 2. The molecule has 0 aromatic carbocycles. The van der Waals surface area contributed by atoms with Crippen molar-refractivity contribution in [3.8, 4) is 0 Å². The Kier molecular flexibility index (Phi) is 7.13. The summed E-state index contributed by atoms with van der Waals surface area (Å²) in [5.41, 5.74) is 3.52. The van der Waals surface area contributed by atoms with Crippen molar-refractivity contribution in [2.45, 2.75) is 78.8 Å². The molecule has 0 spiro atoms. The van der Waals surface area contributed by atoms with Crippen LogP contribution in [0, 0.1) is 19.8 Å². The van der Waals surface area contributed by atoms with E-state index in [1.54, 1.807) is 0 Å². The summed E-state index contributed by atoms with van der Waals surface area (Å²) in [6.45, 7) is 10.2. The number of aromatic nitrogens is 2. The van der Waals surface area contributed by atoms with E-state index in [9.17, 15) is 0 Å². The number of aryl methyl sites for hydroxylation is 2. The lowest BCUT2D eigenvalue weighted by atomic mass is 9.83. The lowest BCUT2D eigenvalue weighted by molar-refractivity contribution is 0.295. The minimum Gasteiger partial charge on any atom is -0.357 e. The van der Waals surface area contributed by atoms with Gasteiger partial charge in [0.2, 0.25) is 0 Å². The van der Waals surface area contributed by atoms with E-state index in [0.29, 0.717) is 12.6 Å². The monoisotopic (exact) mass is 333 g/mol. The van der Waals surface area contributed by atoms with Gasteiger partial charge < -0.3 is 10.6 Å². The molecule has 136 valence electrons. The first-order valence-corrected chi connectivity index (χ1v) is 9.59. The molecule has 1 aromatic rings. The normalized spacial score (nSPS) is 21.8. The van der Waals surface area contributed by atoms with Crippen molar-refractivity contribution >= 4 is 5.96 Å². The number of aliphatic imine (C=N–C) groups is 1. The fraction of sp³-hybridized carbons (Fsp3) is 0.789. The van der Waals surface area contributed by atoms with Crippen molar-refractivity contribution < 1.29 is 0 Å². The van der Waals surface area contributed by atoms with Crippen LogP contribution in [-0.4, -0.2) is 28.3 Å². The Bertz CT molecular complexity index is 538. The van der Waals surface area contributed by atoms with Crippen LogP contribution in [0.3, 0.4) is 0 Å². The highest BCUT2D eigenvalue weighted by molar-refractivity contribution is 5.80. The Morgan fingerprint density at radius 3 is 2.46 bits per heavy atom. The molecule has 5 heteroatoms. The second-order valence-corrected chi connectivity index (χ2v) is 7.12. The zero-order valence-corrected chi connectivity index (χ0v) is 16.2. The van der Waals surface area contributed by atoms with Crippen LogP contribution in [0.2, 0.25) is 0 Å². The van der Waals surface area contributed by atoms with E-state index in [0.717, 1.165) is 24.1 Å². The molecule has 0 aliphatic heterocycles. The summed E-state index contributed by atoms with van der Waals surface area (Å²) in [7, 11) is 1.99. The van der Waals surface area contributed by atoms with E-state index in [2.05, 4.69) is 43.4 Å². The summed E-state index contributed by atoms with van der Waals surface area (Å²) in [4.78, 5) is 4.81. The molecule has 0 bridgehead atoms. The van der Waals surface area contributed by atoms with E-state index in [1.807, 2.05) is 11.7 Å². The molecule has 0 unspecified atom stereocenters. The fourth-order valence-corrected chi connectivity index (χ4v) is 3.72. The van der Waals surface area contributed by atoms with Crippen molar-refractivity contribution in [3.63, 3.8) is 0 Å². The lowest BCUT2D eigenvalue weighted by Crippen LogP contribution is -2.44. The van der Waals surface area contributed by atoms with Crippen molar-refractivity contribution in [2.75, 3.05) is 6.54 Å². The summed E-state index contributed by atoms with van der Waals surface area (Å²) < 4.78 is 1.94. The third-order valence-corrected chi connectivity index (χ3v) is 5.28. The topological polar surface area (TPSA) is 54.2 Å². The van der Waals surface area contributed by atoms with Crippen molar-refractivity contribution in [2.24, 2.45) is 18.0 Å². The molecule has 1 aliphatic carbocycles. The minimum atomic E-state index is 0.562. The standard InChI is InChI=1S/C19H35N5/c1-6-8-16-9-11-17(12-10-16)22-19(20-7-2)21-13-18-14(3)23-24(5)15(18)4/h16-17H,6-13H2,1-5H3,(H2,20,21,22). The van der Waals surface area contributed by atoms with E-state index in [4.69, 9.17) is 4.99 Å². The highest BCUT2D eigenvalue weighted by atomic mass is 15.3. The van der Waals surface area contributed by atoms with Gasteiger partial charge >= 0.3 is 0 Å². The molecule has 24 heavy (non-hydrogen) atoms. The van der Waals surface area contributed by atoms with Crippen LogP contribution in [0.1, 0.15) is 69.3 Å². The van der Waals surface area contributed by atoms with Gasteiger partial charge in [0.25, 0.3) is 0 Å². The zero-order chi connectivity index (χ0) is 17.5. The first-order valence-electron chi connectivity index (χ1n) is 9.59. The van der Waals surface area contributed by atoms with Gasteiger partial charge in [-0.15, -0.1) is 0 Å². The molecule has 1 saturated carbocycles. The van der Waals surface area contributed by atoms with Crippen molar-refractivity contribution in [1.82, 2.24) is 20.4 Å². The maximum atomic E-state index is 4.81. The lowest BCUT2D eigenvalue weighted by Gasteiger charge is -2.30. The third-order valence-electron chi connectivity index (χ3n) is 5.28. The first kappa shape index (κ1) is 18.8. The average molecular weight is 334 g/mol. The Hall–Kier alpha value is -1.52. The van der Waals surface area contributed by atoms with E-state index >= 15 is 0 Å². The summed E-state index contributed by atoms with van der Waals surface area (Å²) in [6, 6.07) is 0.562. The van der Waals surface area contributed by atoms with Gasteiger partial charge in [-0.25, -0.2) is 4.99 Å². The highest BCUT2D eigenvalue weighted by Crippen LogP contribution is 2.27. The van der Waals surface area contributed by atoms with Gasteiger partial charge in [-0.2, -0.15) is 5.10 Å². The first-order chi connectivity index (χ1) is 11.5. The third kappa shape index (κ3) is 4.99. The average Bonchev–Trinajstić information content (AvgIpc) is 2.80. The van der Waals surface area contributed by atoms with Crippen LogP contribution in [-0.2, 0) is 13.6 Å². The molecule has 0 saturated heterocycles. The number of hydrogen-bond acceptors (Lipinski definition) is 2. The molecule has 0 radical (unpaired) electrons. The second kappa shape index (κ2) is 9.09. The van der Waals surface area contributed by atoms with E-state index in [1.165, 1.54) is 49.8 Å². The zero-order valence-electron chi connectivity index (χ0n) is 16.2. The maximum Gasteiger partial charge on any atom is 0.191 e. The molecule has 1 aliphatic rings. The van der Waals surface area contributed by atoms with Crippen molar-refractivity contribution in [3.05, 3.63) is 17.0 Å². The number of guanidine groups is 1. The van der Waals surface area contributed by atoms with Crippen LogP contribution in [0.5, 0.6) is 0 Å². The van der Waals surface area contributed by atoms with Crippen LogP contribution in [0.25, 0.3) is 0 Å². The highest BCUT2D eigenvalue weighted by Gasteiger charge is 2.21. The SMILES string of the molecule is CCCC1CCC(NC(=NCc2c(C)nn(C)c2C)NCC)CC1. The van der Waals surface area contributed by atoms with Gasteiger partial charge in [0, 0.05) is 30.9 Å². The van der Waals surface area contributed by atoms with Gasteiger partial charge in [-0.05, 0) is 52.4 Å². The Morgan fingerprint density at radius 2 is 1.92 bits per heavy atom. The largest absolute Gasteiger partial charge is 0.357 e. The summed E-state index contributed by atoms with van der Waals surface area (Å²) >= 11 is 0. The second-order valence-electron chi connectivity index (χ2n) is 7.12. The van der Waals surface area contributed by atoms with Crippen LogP contribution >= 0.6 is 0 Å². The van der Waals surface area contributed by atoms with Gasteiger partial charge in [0.15, 0.2) is 5.96 Å². The molecule has 0 amide bonds. The molecule has 1 heterocycles.